The monoisotopic (exact) mass is 224 g/mol. The molecule has 0 aliphatic rings. The molecule has 0 aromatic heterocycles. The highest BCUT2D eigenvalue weighted by molar-refractivity contribution is 5.68. The Morgan fingerprint density at radius 2 is 2.25 bits per heavy atom. The molecule has 0 saturated heterocycles. The number of benzene rings is 1. The number of carboxylic acid groups (broad SMARTS) is 1. The fourth-order valence-corrected chi connectivity index (χ4v) is 1.81. The lowest BCUT2D eigenvalue weighted by Gasteiger charge is -2.14. The second kappa shape index (κ2) is 6.26. The van der Waals surface area contributed by atoms with E-state index >= 15 is 0 Å². The zero-order chi connectivity index (χ0) is 12.0. The summed E-state index contributed by atoms with van der Waals surface area (Å²) in [5.74, 6) is -1.21. The Hall–Kier alpha value is -1.38. The molecule has 2 nitrogen and oxygen atoms in total. The first-order valence-corrected chi connectivity index (χ1v) is 5.60. The number of rotatable bonds is 6. The normalized spacial score (nSPS) is 12.4. The number of unbranched alkanes of at least 4 members (excludes halogenated alkanes) is 1. The van der Waals surface area contributed by atoms with E-state index in [0.29, 0.717) is 0 Å². The van der Waals surface area contributed by atoms with E-state index in [4.69, 9.17) is 5.11 Å². The molecule has 0 amide bonds. The molecule has 1 N–H and O–H groups in total. The van der Waals surface area contributed by atoms with Gasteiger partial charge in [0.2, 0.25) is 0 Å². The lowest BCUT2D eigenvalue weighted by Crippen LogP contribution is -2.06. The highest BCUT2D eigenvalue weighted by Gasteiger charge is 2.15. The van der Waals surface area contributed by atoms with E-state index in [1.807, 2.05) is 0 Å². The van der Waals surface area contributed by atoms with Crippen molar-refractivity contribution in [1.82, 2.24) is 0 Å². The van der Waals surface area contributed by atoms with Crippen molar-refractivity contribution in [2.24, 2.45) is 0 Å². The Kier molecular flexibility index (Phi) is 4.96. The Morgan fingerprint density at radius 3 is 2.81 bits per heavy atom. The van der Waals surface area contributed by atoms with Crippen molar-refractivity contribution in [1.29, 1.82) is 0 Å². The van der Waals surface area contributed by atoms with Gasteiger partial charge < -0.3 is 5.11 Å². The molecule has 1 atom stereocenters. The Morgan fingerprint density at radius 1 is 1.50 bits per heavy atom. The molecule has 1 rings (SSSR count). The molecular formula is C13H17FO2. The first kappa shape index (κ1) is 12.7. The van der Waals surface area contributed by atoms with Crippen LogP contribution in [0.3, 0.4) is 0 Å². The maximum atomic E-state index is 13.0. The number of carbonyl (C=O) groups is 1. The summed E-state index contributed by atoms with van der Waals surface area (Å²) in [5, 5.41) is 8.82. The van der Waals surface area contributed by atoms with Crippen LogP contribution in [0.1, 0.15) is 44.1 Å². The average Bonchev–Trinajstić information content (AvgIpc) is 2.23. The van der Waals surface area contributed by atoms with Gasteiger partial charge in [0.25, 0.3) is 0 Å². The van der Waals surface area contributed by atoms with Gasteiger partial charge in [-0.15, -0.1) is 0 Å². The third-order valence-corrected chi connectivity index (χ3v) is 2.65. The predicted octanol–water partition coefficient (Wildman–Crippen LogP) is 3.57. The lowest BCUT2D eigenvalue weighted by atomic mass is 9.91. The minimum Gasteiger partial charge on any atom is -0.481 e. The summed E-state index contributed by atoms with van der Waals surface area (Å²) in [4.78, 5) is 10.7. The fraction of sp³-hybridized carbons (Fsp3) is 0.462. The van der Waals surface area contributed by atoms with Gasteiger partial charge in [0.1, 0.15) is 5.82 Å². The van der Waals surface area contributed by atoms with Crippen LogP contribution in [0.25, 0.3) is 0 Å². The van der Waals surface area contributed by atoms with Gasteiger partial charge in [-0.05, 0) is 30.0 Å². The topological polar surface area (TPSA) is 37.3 Å². The molecular weight excluding hydrogens is 207 g/mol. The maximum absolute atomic E-state index is 13.0. The van der Waals surface area contributed by atoms with E-state index in [1.54, 1.807) is 12.1 Å². The van der Waals surface area contributed by atoms with Crippen LogP contribution < -0.4 is 0 Å². The second-order valence-corrected chi connectivity index (χ2v) is 3.99. The molecule has 88 valence electrons. The van der Waals surface area contributed by atoms with Gasteiger partial charge >= 0.3 is 5.97 Å². The Bertz CT molecular complexity index is 350. The number of hydrogen-bond acceptors (Lipinski definition) is 1. The molecule has 0 spiro atoms. The molecule has 0 heterocycles. The van der Waals surface area contributed by atoms with E-state index in [1.165, 1.54) is 12.1 Å². The van der Waals surface area contributed by atoms with Gasteiger partial charge in [-0.1, -0.05) is 31.9 Å². The van der Waals surface area contributed by atoms with E-state index in [9.17, 15) is 9.18 Å². The van der Waals surface area contributed by atoms with Gasteiger partial charge in [-0.3, -0.25) is 4.79 Å². The molecule has 16 heavy (non-hydrogen) atoms. The van der Waals surface area contributed by atoms with Crippen LogP contribution in [0.5, 0.6) is 0 Å². The molecule has 1 aromatic carbocycles. The van der Waals surface area contributed by atoms with Crippen LogP contribution in [0.4, 0.5) is 4.39 Å². The van der Waals surface area contributed by atoms with Crippen LogP contribution in [0, 0.1) is 5.82 Å². The van der Waals surface area contributed by atoms with Gasteiger partial charge in [-0.25, -0.2) is 4.39 Å². The lowest BCUT2D eigenvalue weighted by molar-refractivity contribution is -0.137. The minimum atomic E-state index is -0.828. The van der Waals surface area contributed by atoms with Crippen LogP contribution in [-0.4, -0.2) is 11.1 Å². The highest BCUT2D eigenvalue weighted by atomic mass is 19.1. The van der Waals surface area contributed by atoms with Crippen LogP contribution in [0.2, 0.25) is 0 Å². The summed E-state index contributed by atoms with van der Waals surface area (Å²) in [7, 11) is 0. The van der Waals surface area contributed by atoms with Crippen LogP contribution in [0.15, 0.2) is 24.3 Å². The first-order valence-electron chi connectivity index (χ1n) is 5.60. The fourth-order valence-electron chi connectivity index (χ4n) is 1.81. The summed E-state index contributed by atoms with van der Waals surface area (Å²) < 4.78 is 13.0. The van der Waals surface area contributed by atoms with Crippen molar-refractivity contribution in [2.75, 3.05) is 0 Å². The molecule has 0 bridgehead atoms. The van der Waals surface area contributed by atoms with Crippen LogP contribution >= 0.6 is 0 Å². The van der Waals surface area contributed by atoms with E-state index in [0.717, 1.165) is 24.8 Å². The minimum absolute atomic E-state index is 0.0729. The quantitative estimate of drug-likeness (QED) is 0.802. The van der Waals surface area contributed by atoms with Gasteiger partial charge in [0.05, 0.1) is 6.42 Å². The van der Waals surface area contributed by atoms with E-state index in [2.05, 4.69) is 6.92 Å². The van der Waals surface area contributed by atoms with Crippen LogP contribution in [-0.2, 0) is 4.79 Å². The number of aliphatic carboxylic acids is 1. The second-order valence-electron chi connectivity index (χ2n) is 3.99. The van der Waals surface area contributed by atoms with Gasteiger partial charge in [0, 0.05) is 0 Å². The Labute approximate surface area is 95.1 Å². The molecule has 1 unspecified atom stereocenters. The van der Waals surface area contributed by atoms with Crippen molar-refractivity contribution in [2.45, 2.75) is 38.5 Å². The van der Waals surface area contributed by atoms with Gasteiger partial charge in [-0.2, -0.15) is 0 Å². The third kappa shape index (κ3) is 4.01. The summed E-state index contributed by atoms with van der Waals surface area (Å²) in [6.45, 7) is 2.06. The molecule has 0 saturated carbocycles. The van der Waals surface area contributed by atoms with Crippen molar-refractivity contribution < 1.29 is 14.3 Å². The number of carboxylic acids is 1. The molecule has 0 radical (unpaired) electrons. The number of hydrogen-bond donors (Lipinski definition) is 1. The molecule has 0 aliphatic carbocycles. The zero-order valence-corrected chi connectivity index (χ0v) is 9.45. The SMILES string of the molecule is CCCCC(CC(=O)O)c1cccc(F)c1. The molecule has 0 aliphatic heterocycles. The van der Waals surface area contributed by atoms with Gasteiger partial charge in [0.15, 0.2) is 0 Å². The molecule has 1 aromatic rings. The van der Waals surface area contributed by atoms with E-state index in [-0.39, 0.29) is 18.2 Å². The van der Waals surface area contributed by atoms with Crippen molar-refractivity contribution in [3.63, 3.8) is 0 Å². The summed E-state index contributed by atoms with van der Waals surface area (Å²) in [6, 6.07) is 6.24. The average molecular weight is 224 g/mol. The van der Waals surface area contributed by atoms with Crippen molar-refractivity contribution in [3.8, 4) is 0 Å². The standard InChI is InChI=1S/C13H17FO2/c1-2-3-5-11(9-13(15)16)10-6-4-7-12(14)8-10/h4,6-8,11H,2-3,5,9H2,1H3,(H,15,16). The zero-order valence-electron chi connectivity index (χ0n) is 9.45. The smallest absolute Gasteiger partial charge is 0.303 e. The third-order valence-electron chi connectivity index (χ3n) is 2.65. The molecule has 3 heteroatoms. The first-order chi connectivity index (χ1) is 7.63. The predicted molar refractivity (Wildman–Crippen MR) is 60.9 cm³/mol. The summed E-state index contributed by atoms with van der Waals surface area (Å²) in [6.07, 6.45) is 2.86. The van der Waals surface area contributed by atoms with E-state index < -0.39 is 5.97 Å². The van der Waals surface area contributed by atoms with Crippen molar-refractivity contribution >= 4 is 5.97 Å². The summed E-state index contributed by atoms with van der Waals surface area (Å²) in [5.41, 5.74) is 0.788. The maximum Gasteiger partial charge on any atom is 0.303 e. The Balaban J connectivity index is 2.78. The number of halogens is 1. The molecule has 0 fully saturated rings. The largest absolute Gasteiger partial charge is 0.481 e. The summed E-state index contributed by atoms with van der Waals surface area (Å²) >= 11 is 0. The van der Waals surface area contributed by atoms with Crippen molar-refractivity contribution in [3.05, 3.63) is 35.6 Å². The highest BCUT2D eigenvalue weighted by Crippen LogP contribution is 2.26.